The summed E-state index contributed by atoms with van der Waals surface area (Å²) in [4.78, 5) is 27.5. The zero-order chi connectivity index (χ0) is 22.3. The van der Waals surface area contributed by atoms with Crippen LogP contribution in [0.4, 0.5) is 20.2 Å². The summed E-state index contributed by atoms with van der Waals surface area (Å²) >= 11 is 12.0. The number of amides is 2. The second-order valence-corrected chi connectivity index (χ2v) is 7.65. The molecule has 3 aromatic rings. The van der Waals surface area contributed by atoms with Crippen molar-refractivity contribution >= 4 is 52.0 Å². The minimum absolute atomic E-state index is 0.0116. The molecule has 156 valence electrons. The molecule has 1 heterocycles. The minimum atomic E-state index is -0.677. The van der Waals surface area contributed by atoms with Crippen molar-refractivity contribution in [2.24, 2.45) is 0 Å². The fourth-order valence-corrected chi connectivity index (χ4v) is 3.62. The van der Waals surface area contributed by atoms with E-state index in [1.165, 1.54) is 36.4 Å². The average molecular weight is 459 g/mol. The summed E-state index contributed by atoms with van der Waals surface area (Å²) in [6.45, 7) is 1.77. The molecule has 0 saturated carbocycles. The summed E-state index contributed by atoms with van der Waals surface area (Å²) in [5.41, 5.74) is 1.70. The normalized spacial score (nSPS) is 13.9. The van der Waals surface area contributed by atoms with E-state index in [1.54, 1.807) is 25.1 Å². The highest BCUT2D eigenvalue weighted by atomic mass is 35.5. The van der Waals surface area contributed by atoms with Crippen LogP contribution in [0.1, 0.15) is 11.1 Å². The SMILES string of the molecule is Cc1c(Cl)cccc1NC1=C(c2ccc(F)cc2)C(=O)N(c2ccc(F)c(Cl)c2)C1=O. The topological polar surface area (TPSA) is 49.4 Å². The zero-order valence-corrected chi connectivity index (χ0v) is 17.6. The van der Waals surface area contributed by atoms with Crippen molar-refractivity contribution in [1.29, 1.82) is 0 Å². The second-order valence-electron chi connectivity index (χ2n) is 6.84. The number of rotatable bonds is 4. The number of halogens is 4. The molecule has 1 aliphatic rings. The fraction of sp³-hybridized carbons (Fsp3) is 0.0435. The third-order valence-corrected chi connectivity index (χ3v) is 5.60. The Labute approximate surface area is 186 Å². The maximum absolute atomic E-state index is 13.6. The lowest BCUT2D eigenvalue weighted by molar-refractivity contribution is -0.120. The summed E-state index contributed by atoms with van der Waals surface area (Å²) in [5, 5.41) is 3.25. The van der Waals surface area contributed by atoms with Crippen LogP contribution in [0.5, 0.6) is 0 Å². The Morgan fingerprint density at radius 2 is 1.58 bits per heavy atom. The van der Waals surface area contributed by atoms with Crippen LogP contribution in [0, 0.1) is 18.6 Å². The number of nitrogens with zero attached hydrogens (tertiary/aromatic N) is 1. The van der Waals surface area contributed by atoms with Crippen molar-refractivity contribution in [3.05, 3.63) is 99.2 Å². The quantitative estimate of drug-likeness (QED) is 0.489. The molecule has 4 nitrogen and oxygen atoms in total. The predicted molar refractivity (Wildman–Crippen MR) is 117 cm³/mol. The first kappa shape index (κ1) is 21.0. The maximum Gasteiger partial charge on any atom is 0.282 e. The van der Waals surface area contributed by atoms with Crippen molar-refractivity contribution in [2.75, 3.05) is 10.2 Å². The molecule has 0 bridgehead atoms. The molecule has 1 aliphatic heterocycles. The highest BCUT2D eigenvalue weighted by molar-refractivity contribution is 6.46. The summed E-state index contributed by atoms with van der Waals surface area (Å²) in [6, 6.07) is 13.9. The lowest BCUT2D eigenvalue weighted by Crippen LogP contribution is -2.32. The summed E-state index contributed by atoms with van der Waals surface area (Å²) in [6.07, 6.45) is 0. The molecule has 8 heteroatoms. The molecular formula is C23H14Cl2F2N2O2. The van der Waals surface area contributed by atoms with Gasteiger partial charge in [0.05, 0.1) is 16.3 Å². The summed E-state index contributed by atoms with van der Waals surface area (Å²) < 4.78 is 27.1. The standard InChI is InChI=1S/C23H14Cl2F2N2O2/c1-12-16(24)3-2-4-19(12)28-21-20(13-5-7-14(26)8-6-13)22(30)29(23(21)31)15-9-10-18(27)17(25)11-15/h2-11,28H,1H3. The first-order valence-electron chi connectivity index (χ1n) is 9.14. The molecule has 0 radical (unpaired) electrons. The Balaban J connectivity index is 1.85. The zero-order valence-electron chi connectivity index (χ0n) is 16.0. The molecule has 0 unspecified atom stereocenters. The average Bonchev–Trinajstić information content (AvgIpc) is 2.98. The van der Waals surface area contributed by atoms with Crippen LogP contribution in [0.15, 0.2) is 66.4 Å². The lowest BCUT2D eigenvalue weighted by atomic mass is 10.0. The van der Waals surface area contributed by atoms with E-state index in [2.05, 4.69) is 5.32 Å². The molecule has 1 N–H and O–H groups in total. The van der Waals surface area contributed by atoms with Crippen molar-refractivity contribution in [3.63, 3.8) is 0 Å². The monoisotopic (exact) mass is 458 g/mol. The largest absolute Gasteiger partial charge is 0.350 e. The number of hydrogen-bond acceptors (Lipinski definition) is 3. The number of hydrogen-bond donors (Lipinski definition) is 1. The van der Waals surface area contributed by atoms with Gasteiger partial charge in [-0.1, -0.05) is 41.4 Å². The van der Waals surface area contributed by atoms with E-state index < -0.39 is 23.4 Å². The molecule has 3 aromatic carbocycles. The van der Waals surface area contributed by atoms with Gasteiger partial charge in [0.15, 0.2) is 0 Å². The second kappa shape index (κ2) is 8.13. The number of benzene rings is 3. The fourth-order valence-electron chi connectivity index (χ4n) is 3.27. The van der Waals surface area contributed by atoms with Gasteiger partial charge in [0, 0.05) is 10.7 Å². The third kappa shape index (κ3) is 3.80. The molecule has 31 heavy (non-hydrogen) atoms. The van der Waals surface area contributed by atoms with E-state index >= 15 is 0 Å². The van der Waals surface area contributed by atoms with Crippen LogP contribution in [0.25, 0.3) is 5.57 Å². The van der Waals surface area contributed by atoms with E-state index in [1.807, 2.05) is 0 Å². The Morgan fingerprint density at radius 1 is 0.871 bits per heavy atom. The van der Waals surface area contributed by atoms with Gasteiger partial charge in [0.2, 0.25) is 0 Å². The number of anilines is 2. The van der Waals surface area contributed by atoms with Crippen molar-refractivity contribution in [3.8, 4) is 0 Å². The molecule has 0 aliphatic carbocycles. The van der Waals surface area contributed by atoms with Crippen LogP contribution in [0.3, 0.4) is 0 Å². The van der Waals surface area contributed by atoms with E-state index in [4.69, 9.17) is 23.2 Å². The Hall–Kier alpha value is -3.22. The summed E-state index contributed by atoms with van der Waals surface area (Å²) in [7, 11) is 0. The first-order valence-corrected chi connectivity index (χ1v) is 9.89. The number of nitrogens with one attached hydrogen (secondary N) is 1. The van der Waals surface area contributed by atoms with E-state index in [0.29, 0.717) is 21.8 Å². The van der Waals surface area contributed by atoms with Gasteiger partial charge in [-0.3, -0.25) is 9.59 Å². The van der Waals surface area contributed by atoms with Gasteiger partial charge in [-0.2, -0.15) is 0 Å². The van der Waals surface area contributed by atoms with Crippen LogP contribution in [-0.2, 0) is 9.59 Å². The van der Waals surface area contributed by atoms with Crippen LogP contribution >= 0.6 is 23.2 Å². The Kier molecular flexibility index (Phi) is 5.52. The molecule has 0 spiro atoms. The molecule has 0 fully saturated rings. The van der Waals surface area contributed by atoms with Gasteiger partial charge in [-0.25, -0.2) is 13.7 Å². The van der Waals surface area contributed by atoms with Crippen LogP contribution in [0.2, 0.25) is 10.0 Å². The van der Waals surface area contributed by atoms with Crippen molar-refractivity contribution < 1.29 is 18.4 Å². The van der Waals surface area contributed by atoms with E-state index in [9.17, 15) is 18.4 Å². The van der Waals surface area contributed by atoms with Crippen molar-refractivity contribution in [2.45, 2.75) is 6.92 Å². The number of carbonyl (C=O) groups excluding carboxylic acids is 2. The highest BCUT2D eigenvalue weighted by Gasteiger charge is 2.40. The van der Waals surface area contributed by atoms with Gasteiger partial charge in [-0.05, 0) is 60.5 Å². The Morgan fingerprint density at radius 3 is 2.26 bits per heavy atom. The number of imide groups is 1. The van der Waals surface area contributed by atoms with Gasteiger partial charge >= 0.3 is 0 Å². The molecule has 0 aromatic heterocycles. The smallest absolute Gasteiger partial charge is 0.282 e. The van der Waals surface area contributed by atoms with Gasteiger partial charge in [0.25, 0.3) is 11.8 Å². The van der Waals surface area contributed by atoms with Gasteiger partial charge in [0.1, 0.15) is 17.3 Å². The van der Waals surface area contributed by atoms with E-state index in [-0.39, 0.29) is 22.0 Å². The summed E-state index contributed by atoms with van der Waals surface area (Å²) in [5.74, 6) is -2.47. The Bertz CT molecular complexity index is 1260. The predicted octanol–water partition coefficient (Wildman–Crippen LogP) is 5.98. The van der Waals surface area contributed by atoms with E-state index in [0.717, 1.165) is 11.0 Å². The molecular weight excluding hydrogens is 445 g/mol. The molecule has 4 rings (SSSR count). The maximum atomic E-state index is 13.6. The van der Waals surface area contributed by atoms with Gasteiger partial charge in [-0.15, -0.1) is 0 Å². The van der Waals surface area contributed by atoms with Gasteiger partial charge < -0.3 is 5.32 Å². The van der Waals surface area contributed by atoms with Crippen LogP contribution < -0.4 is 10.2 Å². The van der Waals surface area contributed by atoms with Crippen LogP contribution in [-0.4, -0.2) is 11.8 Å². The molecule has 0 saturated heterocycles. The third-order valence-electron chi connectivity index (χ3n) is 4.91. The molecule has 0 atom stereocenters. The highest BCUT2D eigenvalue weighted by Crippen LogP contribution is 2.36. The first-order chi connectivity index (χ1) is 14.8. The number of carbonyl (C=O) groups is 2. The minimum Gasteiger partial charge on any atom is -0.350 e. The molecule has 2 amide bonds. The van der Waals surface area contributed by atoms with Crippen molar-refractivity contribution in [1.82, 2.24) is 0 Å². The lowest BCUT2D eigenvalue weighted by Gasteiger charge is -2.16.